The summed E-state index contributed by atoms with van der Waals surface area (Å²) in [6, 6.07) is 0.563. The number of carbonyl (C=O) groups is 12. The largest absolute Gasteiger partial charge is 1.00 e. The monoisotopic (exact) mass is 1750 g/mol. The Morgan fingerprint density at radius 2 is 1.18 bits per heavy atom. The third kappa shape index (κ3) is 48.9. The van der Waals surface area contributed by atoms with Crippen molar-refractivity contribution in [1.29, 1.82) is 0 Å². The van der Waals surface area contributed by atoms with Crippen molar-refractivity contribution in [3.63, 3.8) is 0 Å². The average molecular weight is 1750 g/mol. The van der Waals surface area contributed by atoms with Crippen molar-refractivity contribution >= 4 is 191 Å². The van der Waals surface area contributed by atoms with Crippen LogP contribution in [0.25, 0.3) is 11.2 Å². The summed E-state index contributed by atoms with van der Waals surface area (Å²) in [5.41, 5.74) is 16.6. The number of aliphatic hydroxyl groups excluding tert-OH is 3. The standard InChI is InChI=1S/C45H54N12O17.C6H8O6.2Cu.Na.H2O4S.5H2O.6H2S/c1-2-4-22(42(71)72)14-32(60)30(18-35(65)66)55-40(69)24(17-34(63)64)15-31(59)28(5-3-12-49-44(46)47)53-39(68)23(16-33(61)62)13-27(58)10-11-29(43(73)74)54-38(67)21-6-8-25(9-7-21)50-19-26-20-51-37-36(52-26)41(70)57-45(48)56-37;7-1-2(8)5-3(9)4(10)6(11)12-5;;;;1-5(2,3)4;;;;;;;;;;;/h1,6-9,20,22-24,28-30,50H,3-5,10-19H2,(H,53,68)(H,54,67)(H,55,69)(H,61,62)(H,63,64)(H,65,66)(H,71,72)(H,73,74)(H4,46,47,49)(H3,48,51,56,57,70);2,5,7-10H,1H2;;;;(H2,1,2,3,4);11*1H2/q;;;;+1;;;;;;;;;;;;/p-1/t22-,23+,24+,28+,29+,30+;2-,5+;;;;;;;;;;;;;;;/m10.............../s1. The number of guanidine groups is 1. The van der Waals surface area contributed by atoms with Crippen molar-refractivity contribution in [2.75, 3.05) is 24.2 Å². The summed E-state index contributed by atoms with van der Waals surface area (Å²) in [6.45, 7) is -0.740. The van der Waals surface area contributed by atoms with Crippen LogP contribution in [0.15, 0.2) is 51.8 Å². The number of aromatic amines is 1. The number of Topliss-reactive ketones (excluding diaryl/α,β-unsaturated/α-hetero) is 3. The van der Waals surface area contributed by atoms with E-state index in [4.69, 9.17) is 56.5 Å². The SMILES string of the molecule is C#CC[C@H](CC(=O)[C@H](CC(=O)O)NC(=O)[C@H](CC(=O)O)CC(=O)[C@H](CCCN=C(N)N)NC(=O)[C@H](CC(=O)O)CC(=O)CC[C@H](NC(=O)c1ccc(NCc2cnc3nc(N)[nH]c(=O)c3n2)cc1)C(=O)O)C(=O)O.O.O.O.O.O.O=C1O[C@H]([C@@H](O)CO)C([O-])=C1O.O=S(=O)(O)O.S.S.S.S.S.S.[Cu].[Cu].[Na+]. The summed E-state index contributed by atoms with van der Waals surface area (Å²) in [6.07, 6.45) is -4.00. The van der Waals surface area contributed by atoms with E-state index in [2.05, 4.69) is 56.9 Å². The molecule has 0 saturated heterocycles. The Hall–Kier alpha value is -6.82. The van der Waals surface area contributed by atoms with Gasteiger partial charge in [-0.1, -0.05) is 0 Å². The van der Waals surface area contributed by atoms with E-state index in [9.17, 15) is 93.0 Å². The van der Waals surface area contributed by atoms with Crippen molar-refractivity contribution in [2.45, 2.75) is 108 Å². The van der Waals surface area contributed by atoms with E-state index in [0.717, 1.165) is 0 Å². The van der Waals surface area contributed by atoms with Crippen LogP contribution in [-0.4, -0.2) is 226 Å². The predicted molar refractivity (Wildman–Crippen MR) is 382 cm³/mol. The summed E-state index contributed by atoms with van der Waals surface area (Å²) in [7, 11) is -4.67. The number of nitrogens with zero attached hydrogens (tertiary/aromatic N) is 4. The van der Waals surface area contributed by atoms with E-state index in [1.807, 2.05) is 0 Å². The molecule has 31 N–H and O–H groups in total. The molecular weight excluding hydrogens is 1670 g/mol. The van der Waals surface area contributed by atoms with Gasteiger partial charge in [0.15, 0.2) is 34.4 Å². The summed E-state index contributed by atoms with van der Waals surface area (Å²) in [4.78, 5) is 180. The van der Waals surface area contributed by atoms with E-state index in [1.165, 1.54) is 30.5 Å². The number of hydrogen-bond donors (Lipinski definition) is 18. The number of aliphatic imine (C=N–C) groups is 1. The second-order valence-electron chi connectivity index (χ2n) is 19.3. The molecule has 0 bridgehead atoms. The number of carbonyl (C=O) groups excluding carboxylic acids is 7. The van der Waals surface area contributed by atoms with Crippen LogP contribution in [0.4, 0.5) is 11.6 Å². The molecule has 0 unspecified atom stereocenters. The number of terminal acetylenes is 1. The molecule has 2 radical (unpaired) electrons. The molecule has 606 valence electrons. The third-order valence-electron chi connectivity index (χ3n) is 12.3. The molecule has 3 aromatic rings. The minimum atomic E-state index is -4.67. The molecule has 54 heteroatoms. The smallest absolute Gasteiger partial charge is 0.870 e. The average Bonchev–Trinajstić information content (AvgIpc) is 1.34. The van der Waals surface area contributed by atoms with Crippen molar-refractivity contribution in [3.05, 3.63) is 63.6 Å². The van der Waals surface area contributed by atoms with Gasteiger partial charge in [0.25, 0.3) is 11.5 Å². The van der Waals surface area contributed by atoms with Gasteiger partial charge in [-0.05, 0) is 49.3 Å². The quantitative estimate of drug-likeness (QED) is 0.00494. The van der Waals surface area contributed by atoms with E-state index < -0.39 is 211 Å². The number of carboxylic acid groups (broad SMARTS) is 5. The Morgan fingerprint density at radius 3 is 1.62 bits per heavy atom. The molecule has 0 fully saturated rings. The van der Waals surface area contributed by atoms with Gasteiger partial charge in [-0.3, -0.25) is 71.8 Å². The fourth-order valence-corrected chi connectivity index (χ4v) is 7.89. The molecule has 2 aromatic heterocycles. The predicted octanol–water partition coefficient (Wildman–Crippen LogP) is -11.6. The van der Waals surface area contributed by atoms with Crippen LogP contribution >= 0.6 is 81.0 Å². The van der Waals surface area contributed by atoms with Crippen molar-refractivity contribution in [2.24, 2.45) is 34.2 Å². The molecule has 4 rings (SSSR count). The van der Waals surface area contributed by atoms with Crippen LogP contribution in [-0.2, 0) is 109 Å². The number of H-pyrrole nitrogens is 1. The van der Waals surface area contributed by atoms with E-state index in [0.29, 0.717) is 11.4 Å². The van der Waals surface area contributed by atoms with Crippen LogP contribution in [0.3, 0.4) is 0 Å². The zero-order chi connectivity index (χ0) is 69.0. The van der Waals surface area contributed by atoms with E-state index in [1.54, 1.807) is 0 Å². The number of cyclic esters (lactones) is 1. The van der Waals surface area contributed by atoms with Crippen LogP contribution in [0, 0.1) is 30.1 Å². The summed E-state index contributed by atoms with van der Waals surface area (Å²) < 4.78 is 35.8. The number of rotatable bonds is 35. The molecular formula is C51H85Cu2N12NaO32S7. The van der Waals surface area contributed by atoms with Gasteiger partial charge in [0, 0.05) is 84.0 Å². The molecule has 8 atom stereocenters. The maximum atomic E-state index is 13.8. The minimum absolute atomic E-state index is 0. The zero-order valence-electron chi connectivity index (χ0n) is 54.4. The van der Waals surface area contributed by atoms with Gasteiger partial charge in [0.05, 0.1) is 74.1 Å². The van der Waals surface area contributed by atoms with Gasteiger partial charge in [-0.15, -0.1) is 12.3 Å². The Morgan fingerprint density at radius 1 is 0.705 bits per heavy atom. The number of aliphatic carboxylic acids is 5. The molecule has 1 aliphatic heterocycles. The van der Waals surface area contributed by atoms with Crippen molar-refractivity contribution < 1.29 is 217 Å². The number of aromatic nitrogens is 4. The number of esters is 1. The number of anilines is 2. The maximum absolute atomic E-state index is 13.8. The Bertz CT molecular complexity index is 3530. The number of nitrogen functional groups attached to an aromatic ring is 1. The first-order valence-corrected chi connectivity index (χ1v) is 27.6. The van der Waals surface area contributed by atoms with Crippen LogP contribution in [0.5, 0.6) is 0 Å². The van der Waals surface area contributed by atoms with E-state index >= 15 is 0 Å². The van der Waals surface area contributed by atoms with Gasteiger partial charge in [0.1, 0.15) is 24.0 Å². The zero-order valence-corrected chi connectivity index (χ0v) is 65.1. The van der Waals surface area contributed by atoms with Crippen molar-refractivity contribution in [1.82, 2.24) is 35.9 Å². The number of carboxylic acids is 5. The number of nitrogens with two attached hydrogens (primary N) is 3. The van der Waals surface area contributed by atoms with Gasteiger partial charge in [-0.2, -0.15) is 94.4 Å². The minimum Gasteiger partial charge on any atom is -0.870 e. The molecule has 0 spiro atoms. The Labute approximate surface area is 680 Å². The first kappa shape index (κ1) is 128. The molecule has 0 aliphatic carbocycles. The summed E-state index contributed by atoms with van der Waals surface area (Å²) in [5, 5.41) is 94.5. The Kier molecular flexibility index (Phi) is 77.0. The number of fused-ring (bicyclic) bond motifs is 1. The maximum Gasteiger partial charge on any atom is 1.00 e. The van der Waals surface area contributed by atoms with Crippen molar-refractivity contribution in [3.8, 4) is 12.3 Å². The molecule has 44 nitrogen and oxygen atoms in total. The molecule has 105 heavy (non-hydrogen) atoms. The molecule has 3 heterocycles. The number of ketones is 3. The number of benzene rings is 1. The van der Waals surface area contributed by atoms with E-state index in [-0.39, 0.29) is 227 Å². The number of ether oxygens (including phenoxy) is 1. The van der Waals surface area contributed by atoms with Crippen LogP contribution in [0.1, 0.15) is 86.7 Å². The number of hydrogen-bond acceptors (Lipinski definition) is 26. The van der Waals surface area contributed by atoms with Gasteiger partial charge >= 0.3 is 75.8 Å². The normalized spacial score (nSPS) is 12.8. The second-order valence-corrected chi connectivity index (χ2v) is 20.2. The fourth-order valence-electron chi connectivity index (χ4n) is 7.89. The van der Waals surface area contributed by atoms with Crippen LogP contribution < -0.4 is 78.7 Å². The molecule has 3 amide bonds. The molecule has 1 aromatic carbocycles. The first-order valence-electron chi connectivity index (χ1n) is 26.2. The number of aliphatic hydroxyl groups is 3. The number of amides is 3. The summed E-state index contributed by atoms with van der Waals surface area (Å²) in [5.74, 6) is -20.7. The fraction of sp³-hybridized carbons (Fsp3) is 0.431. The van der Waals surface area contributed by atoms with Gasteiger partial charge in [0.2, 0.25) is 17.8 Å². The van der Waals surface area contributed by atoms with Gasteiger partial charge in [-0.25, -0.2) is 19.6 Å². The van der Waals surface area contributed by atoms with Gasteiger partial charge < -0.3 is 117 Å². The second kappa shape index (κ2) is 63.3. The summed E-state index contributed by atoms with van der Waals surface area (Å²) >= 11 is 0. The first-order chi connectivity index (χ1) is 42.4. The number of nitrogens with one attached hydrogen (secondary N) is 5. The topological polar surface area (TPSA) is 841 Å². The third-order valence-corrected chi connectivity index (χ3v) is 12.3. The Balaban J connectivity index is -0.000000219. The van der Waals surface area contributed by atoms with Crippen LogP contribution in [0.2, 0.25) is 0 Å². The molecule has 0 saturated carbocycles. The molecule has 1 aliphatic rings.